The van der Waals surface area contributed by atoms with Crippen molar-refractivity contribution in [2.24, 2.45) is 0 Å². The van der Waals surface area contributed by atoms with Crippen LogP contribution in [0, 0.1) is 0 Å². The van der Waals surface area contributed by atoms with E-state index in [4.69, 9.17) is 10.5 Å². The highest BCUT2D eigenvalue weighted by molar-refractivity contribution is 7.14. The molecule has 2 N–H and O–H groups in total. The summed E-state index contributed by atoms with van der Waals surface area (Å²) in [5.41, 5.74) is 7.38. The van der Waals surface area contributed by atoms with Gasteiger partial charge in [0.2, 0.25) is 0 Å². The fraction of sp³-hybridized carbons (Fsp3) is 0.333. The van der Waals surface area contributed by atoms with Gasteiger partial charge in [-0.15, -0.1) is 10.2 Å². The van der Waals surface area contributed by atoms with Crippen LogP contribution in [0.2, 0.25) is 0 Å². The summed E-state index contributed by atoms with van der Waals surface area (Å²) in [5, 5.41) is 10.2. The van der Waals surface area contributed by atoms with Gasteiger partial charge in [0.15, 0.2) is 5.01 Å². The van der Waals surface area contributed by atoms with Gasteiger partial charge in [0.05, 0.1) is 12.7 Å². The summed E-state index contributed by atoms with van der Waals surface area (Å²) < 4.78 is 5.31. The Hall–Kier alpha value is -1.62. The molecule has 0 aliphatic rings. The van der Waals surface area contributed by atoms with E-state index in [0.717, 1.165) is 21.3 Å². The van der Waals surface area contributed by atoms with E-state index in [1.165, 1.54) is 0 Å². The number of rotatable bonds is 3. The van der Waals surface area contributed by atoms with Crippen molar-refractivity contribution in [3.05, 3.63) is 23.2 Å². The van der Waals surface area contributed by atoms with Crippen LogP contribution in [0.1, 0.15) is 24.8 Å². The smallest absolute Gasteiger partial charge is 0.151 e. The van der Waals surface area contributed by atoms with Gasteiger partial charge in [0, 0.05) is 11.6 Å². The number of ether oxygens (including phenoxy) is 1. The van der Waals surface area contributed by atoms with Gasteiger partial charge in [-0.05, 0) is 18.2 Å². The summed E-state index contributed by atoms with van der Waals surface area (Å²) in [7, 11) is 1.64. The summed E-state index contributed by atoms with van der Waals surface area (Å²) in [4.78, 5) is 0. The van der Waals surface area contributed by atoms with Crippen molar-refractivity contribution in [2.75, 3.05) is 12.8 Å². The van der Waals surface area contributed by atoms with E-state index in [2.05, 4.69) is 24.0 Å². The van der Waals surface area contributed by atoms with Crippen molar-refractivity contribution >= 4 is 17.0 Å². The van der Waals surface area contributed by atoms with Gasteiger partial charge in [-0.3, -0.25) is 0 Å². The fourth-order valence-corrected chi connectivity index (χ4v) is 2.34. The number of nitrogens with two attached hydrogens (primary N) is 1. The lowest BCUT2D eigenvalue weighted by molar-refractivity contribution is 0.416. The Labute approximate surface area is 104 Å². The molecule has 2 rings (SSSR count). The van der Waals surface area contributed by atoms with Crippen LogP contribution in [0.4, 0.5) is 5.69 Å². The molecular weight excluding hydrogens is 234 g/mol. The molecular formula is C12H15N3OS. The van der Waals surface area contributed by atoms with Gasteiger partial charge in [0.1, 0.15) is 10.8 Å². The first-order valence-corrected chi connectivity index (χ1v) is 6.20. The van der Waals surface area contributed by atoms with Crippen molar-refractivity contribution in [1.82, 2.24) is 10.2 Å². The van der Waals surface area contributed by atoms with E-state index in [0.29, 0.717) is 11.6 Å². The van der Waals surface area contributed by atoms with E-state index in [1.807, 2.05) is 18.2 Å². The normalized spacial score (nSPS) is 10.8. The number of nitrogens with zero attached hydrogens (tertiary/aromatic N) is 2. The maximum absolute atomic E-state index is 5.79. The highest BCUT2D eigenvalue weighted by Gasteiger charge is 2.13. The third-order valence-electron chi connectivity index (χ3n) is 2.39. The fourth-order valence-electron chi connectivity index (χ4n) is 1.47. The predicted octanol–water partition coefficient (Wildman–Crippen LogP) is 2.92. The Morgan fingerprint density at radius 2 is 2.06 bits per heavy atom. The zero-order valence-corrected chi connectivity index (χ0v) is 10.9. The van der Waals surface area contributed by atoms with Crippen molar-refractivity contribution in [2.45, 2.75) is 19.8 Å². The number of nitrogen functional groups attached to an aromatic ring is 1. The van der Waals surface area contributed by atoms with E-state index in [1.54, 1.807) is 18.4 Å². The molecule has 0 aliphatic carbocycles. The highest BCUT2D eigenvalue weighted by atomic mass is 32.1. The molecule has 0 atom stereocenters. The van der Waals surface area contributed by atoms with Gasteiger partial charge in [-0.2, -0.15) is 0 Å². The molecule has 0 spiro atoms. The largest absolute Gasteiger partial charge is 0.496 e. The Morgan fingerprint density at radius 3 is 2.65 bits per heavy atom. The van der Waals surface area contributed by atoms with Crippen LogP contribution in [0.15, 0.2) is 18.2 Å². The molecule has 5 heteroatoms. The molecule has 2 aromatic rings. The van der Waals surface area contributed by atoms with Crippen LogP contribution in [0.5, 0.6) is 5.75 Å². The zero-order valence-electron chi connectivity index (χ0n) is 10.1. The minimum atomic E-state index is 0.383. The SMILES string of the molecule is COc1ccc(N)cc1-c1nnc(C(C)C)s1. The average Bonchev–Trinajstić information content (AvgIpc) is 2.78. The van der Waals surface area contributed by atoms with Crippen molar-refractivity contribution in [3.63, 3.8) is 0 Å². The predicted molar refractivity (Wildman–Crippen MR) is 70.4 cm³/mol. The number of anilines is 1. The van der Waals surface area contributed by atoms with Gasteiger partial charge in [0.25, 0.3) is 0 Å². The van der Waals surface area contributed by atoms with Gasteiger partial charge in [-0.25, -0.2) is 0 Å². The number of hydrogen-bond acceptors (Lipinski definition) is 5. The van der Waals surface area contributed by atoms with Gasteiger partial charge >= 0.3 is 0 Å². The molecule has 0 saturated carbocycles. The third kappa shape index (κ3) is 2.39. The Balaban J connectivity index is 2.47. The molecule has 0 aliphatic heterocycles. The molecule has 1 aromatic heterocycles. The second-order valence-corrected chi connectivity index (χ2v) is 5.07. The molecule has 0 bridgehead atoms. The molecule has 0 saturated heterocycles. The number of hydrogen-bond donors (Lipinski definition) is 1. The lowest BCUT2D eigenvalue weighted by Gasteiger charge is -2.06. The van der Waals surface area contributed by atoms with Gasteiger partial charge < -0.3 is 10.5 Å². The highest BCUT2D eigenvalue weighted by Crippen LogP contribution is 2.34. The standard InChI is InChI=1S/C12H15N3OS/c1-7(2)11-14-15-12(17-11)9-6-8(13)4-5-10(9)16-3/h4-7H,13H2,1-3H3. The third-order valence-corrected chi connectivity index (χ3v) is 3.65. The second kappa shape index (κ2) is 4.71. The molecule has 0 amide bonds. The lowest BCUT2D eigenvalue weighted by Crippen LogP contribution is -1.91. The molecule has 4 nitrogen and oxygen atoms in total. The Kier molecular flexibility index (Phi) is 3.28. The minimum Gasteiger partial charge on any atom is -0.496 e. The molecule has 0 radical (unpaired) electrons. The molecule has 90 valence electrons. The minimum absolute atomic E-state index is 0.383. The lowest BCUT2D eigenvalue weighted by atomic mass is 10.2. The van der Waals surface area contributed by atoms with Crippen LogP contribution in [-0.4, -0.2) is 17.3 Å². The summed E-state index contributed by atoms with van der Waals surface area (Å²) in [6.45, 7) is 4.20. The Bertz CT molecular complexity index is 522. The van der Waals surface area contributed by atoms with Crippen LogP contribution in [0.25, 0.3) is 10.6 Å². The number of benzene rings is 1. The molecule has 17 heavy (non-hydrogen) atoms. The molecule has 0 unspecified atom stereocenters. The summed E-state index contributed by atoms with van der Waals surface area (Å²) in [6, 6.07) is 5.53. The van der Waals surface area contributed by atoms with E-state index >= 15 is 0 Å². The maximum Gasteiger partial charge on any atom is 0.151 e. The van der Waals surface area contributed by atoms with Crippen LogP contribution < -0.4 is 10.5 Å². The van der Waals surface area contributed by atoms with Crippen molar-refractivity contribution in [3.8, 4) is 16.3 Å². The van der Waals surface area contributed by atoms with E-state index < -0.39 is 0 Å². The number of aromatic nitrogens is 2. The quantitative estimate of drug-likeness (QED) is 0.850. The summed E-state index contributed by atoms with van der Waals surface area (Å²) >= 11 is 1.57. The molecule has 0 fully saturated rings. The first-order chi connectivity index (χ1) is 8.11. The molecule has 1 aromatic carbocycles. The monoisotopic (exact) mass is 249 g/mol. The number of methoxy groups -OCH3 is 1. The topological polar surface area (TPSA) is 61.0 Å². The van der Waals surface area contributed by atoms with Crippen LogP contribution in [0.3, 0.4) is 0 Å². The maximum atomic E-state index is 5.79. The first kappa shape index (κ1) is 11.9. The molecule has 1 heterocycles. The van der Waals surface area contributed by atoms with E-state index in [9.17, 15) is 0 Å². The van der Waals surface area contributed by atoms with Crippen LogP contribution >= 0.6 is 11.3 Å². The van der Waals surface area contributed by atoms with Crippen LogP contribution in [-0.2, 0) is 0 Å². The first-order valence-electron chi connectivity index (χ1n) is 5.39. The Morgan fingerprint density at radius 1 is 1.29 bits per heavy atom. The second-order valence-electron chi connectivity index (χ2n) is 4.06. The van der Waals surface area contributed by atoms with Crippen molar-refractivity contribution in [1.29, 1.82) is 0 Å². The van der Waals surface area contributed by atoms with Crippen molar-refractivity contribution < 1.29 is 4.74 Å². The van der Waals surface area contributed by atoms with Gasteiger partial charge in [-0.1, -0.05) is 25.2 Å². The summed E-state index contributed by atoms with van der Waals surface area (Å²) in [6.07, 6.45) is 0. The average molecular weight is 249 g/mol. The van der Waals surface area contributed by atoms with E-state index in [-0.39, 0.29) is 0 Å². The summed E-state index contributed by atoms with van der Waals surface area (Å²) in [5.74, 6) is 1.15. The zero-order chi connectivity index (χ0) is 12.4.